The van der Waals surface area contributed by atoms with Gasteiger partial charge in [-0.25, -0.2) is 22.6 Å². The summed E-state index contributed by atoms with van der Waals surface area (Å²) in [4.78, 5) is 13.7. The number of hydrogen-bond donors (Lipinski definition) is 2. The minimum atomic E-state index is -4.21. The van der Waals surface area contributed by atoms with E-state index in [0.29, 0.717) is 0 Å². The number of aromatic carboxylic acids is 1. The number of pyridine rings is 1. The smallest absolute Gasteiger partial charge is 0.354 e. The van der Waals surface area contributed by atoms with E-state index in [1.54, 1.807) is 0 Å². The fraction of sp³-hybridized carbons (Fsp3) is 0. The topological polar surface area (TPSA) is 96.4 Å². The van der Waals surface area contributed by atoms with Crippen LogP contribution in [-0.2, 0) is 10.0 Å². The first-order valence-electron chi connectivity index (χ1n) is 5.47. The molecule has 0 saturated heterocycles. The minimum Gasteiger partial charge on any atom is -0.477 e. The maximum Gasteiger partial charge on any atom is 0.354 e. The van der Waals surface area contributed by atoms with E-state index in [2.05, 4.69) is 9.71 Å². The second-order valence-electron chi connectivity index (χ2n) is 3.92. The van der Waals surface area contributed by atoms with Crippen LogP contribution in [0.1, 0.15) is 10.5 Å². The number of carbonyl (C=O) groups is 1. The van der Waals surface area contributed by atoms with E-state index in [1.165, 1.54) is 12.1 Å². The van der Waals surface area contributed by atoms with Crippen LogP contribution in [0.15, 0.2) is 41.4 Å². The molecule has 1 aromatic carbocycles. The lowest BCUT2D eigenvalue weighted by atomic mass is 10.3. The van der Waals surface area contributed by atoms with Crippen molar-refractivity contribution in [1.29, 1.82) is 0 Å². The molecular formula is C12H8ClFN2O4S. The molecule has 1 heterocycles. The maximum atomic E-state index is 13.6. The van der Waals surface area contributed by atoms with E-state index in [-0.39, 0.29) is 16.4 Å². The number of rotatable bonds is 4. The molecule has 2 aromatic rings. The van der Waals surface area contributed by atoms with Crippen molar-refractivity contribution < 1.29 is 22.7 Å². The van der Waals surface area contributed by atoms with Gasteiger partial charge in [-0.05, 0) is 30.3 Å². The highest BCUT2D eigenvalue weighted by Gasteiger charge is 2.20. The Morgan fingerprint density at radius 3 is 2.62 bits per heavy atom. The summed E-state index contributed by atoms with van der Waals surface area (Å²) in [6.07, 6.45) is 1.12. The van der Waals surface area contributed by atoms with Crippen LogP contribution < -0.4 is 4.72 Å². The summed E-state index contributed by atoms with van der Waals surface area (Å²) in [5.41, 5.74) is -0.386. The van der Waals surface area contributed by atoms with E-state index >= 15 is 0 Å². The van der Waals surface area contributed by atoms with Crippen molar-refractivity contribution in [3.05, 3.63) is 53.1 Å². The number of aromatic nitrogens is 1. The van der Waals surface area contributed by atoms with Gasteiger partial charge in [-0.2, -0.15) is 0 Å². The molecule has 0 amide bonds. The van der Waals surface area contributed by atoms with Gasteiger partial charge in [-0.1, -0.05) is 11.6 Å². The third-order valence-corrected chi connectivity index (χ3v) is 4.06. The number of nitrogens with zero attached hydrogens (tertiary/aromatic N) is 1. The summed E-state index contributed by atoms with van der Waals surface area (Å²) >= 11 is 5.55. The molecule has 0 fully saturated rings. The highest BCUT2D eigenvalue weighted by molar-refractivity contribution is 7.92. The lowest BCUT2D eigenvalue weighted by Crippen LogP contribution is -2.15. The highest BCUT2D eigenvalue weighted by Crippen LogP contribution is 2.21. The molecule has 0 unspecified atom stereocenters. The summed E-state index contributed by atoms with van der Waals surface area (Å²) in [5.74, 6) is -2.32. The van der Waals surface area contributed by atoms with Gasteiger partial charge in [0.25, 0.3) is 10.0 Å². The fourth-order valence-electron chi connectivity index (χ4n) is 1.51. The largest absolute Gasteiger partial charge is 0.477 e. The summed E-state index contributed by atoms with van der Waals surface area (Å²) < 4.78 is 39.8. The third kappa shape index (κ3) is 3.47. The number of anilines is 1. The first-order valence-corrected chi connectivity index (χ1v) is 7.33. The van der Waals surface area contributed by atoms with Gasteiger partial charge in [-0.3, -0.25) is 4.72 Å². The second-order valence-corrected chi connectivity index (χ2v) is 6.00. The molecule has 0 spiro atoms. The Morgan fingerprint density at radius 1 is 1.29 bits per heavy atom. The van der Waals surface area contributed by atoms with Crippen LogP contribution in [-0.4, -0.2) is 24.5 Å². The van der Waals surface area contributed by atoms with Crippen molar-refractivity contribution in [2.75, 3.05) is 4.72 Å². The highest BCUT2D eigenvalue weighted by atomic mass is 35.5. The van der Waals surface area contributed by atoms with Crippen LogP contribution >= 0.6 is 11.6 Å². The Morgan fingerprint density at radius 2 is 2.00 bits per heavy atom. The van der Waals surface area contributed by atoms with E-state index < -0.39 is 26.7 Å². The molecule has 0 bridgehead atoms. The Labute approximate surface area is 124 Å². The van der Waals surface area contributed by atoms with Gasteiger partial charge < -0.3 is 5.11 Å². The second kappa shape index (κ2) is 5.66. The predicted molar refractivity (Wildman–Crippen MR) is 73.4 cm³/mol. The molecule has 2 rings (SSSR count). The molecule has 21 heavy (non-hydrogen) atoms. The third-order valence-electron chi connectivity index (χ3n) is 2.41. The van der Waals surface area contributed by atoms with E-state index in [9.17, 15) is 17.6 Å². The molecule has 2 N–H and O–H groups in total. The molecule has 110 valence electrons. The molecular weight excluding hydrogens is 323 g/mol. The quantitative estimate of drug-likeness (QED) is 0.897. The fourth-order valence-corrected chi connectivity index (χ4v) is 2.78. The van der Waals surface area contributed by atoms with Crippen molar-refractivity contribution in [3.8, 4) is 0 Å². The van der Waals surface area contributed by atoms with Crippen LogP contribution in [0.3, 0.4) is 0 Å². The van der Waals surface area contributed by atoms with Gasteiger partial charge in [0, 0.05) is 11.2 Å². The normalized spacial score (nSPS) is 11.1. The van der Waals surface area contributed by atoms with Crippen molar-refractivity contribution in [1.82, 2.24) is 4.98 Å². The standard InChI is InChI=1S/C12H8ClFN2O4S/c13-7-1-2-11(9(14)5-7)21(19,20)16-8-3-4-15-10(6-8)12(17)18/h1-6H,(H,15,16)(H,17,18). The SMILES string of the molecule is O=C(O)c1cc(NS(=O)(=O)c2ccc(Cl)cc2F)ccn1. The molecule has 1 aromatic heterocycles. The van der Waals surface area contributed by atoms with Crippen LogP contribution in [0.2, 0.25) is 5.02 Å². The number of benzene rings is 1. The van der Waals surface area contributed by atoms with E-state index in [0.717, 1.165) is 24.4 Å². The average molecular weight is 331 g/mol. The summed E-state index contributed by atoms with van der Waals surface area (Å²) in [7, 11) is -4.21. The van der Waals surface area contributed by atoms with Crippen LogP contribution in [0.4, 0.5) is 10.1 Å². The molecule has 0 radical (unpaired) electrons. The molecule has 0 saturated carbocycles. The summed E-state index contributed by atoms with van der Waals surface area (Å²) in [6.45, 7) is 0. The molecule has 6 nitrogen and oxygen atoms in total. The zero-order valence-corrected chi connectivity index (χ0v) is 11.8. The predicted octanol–water partition coefficient (Wildman–Crippen LogP) is 2.37. The van der Waals surface area contributed by atoms with Gasteiger partial charge in [0.15, 0.2) is 0 Å². The molecule has 0 aliphatic heterocycles. The Balaban J connectivity index is 2.37. The average Bonchev–Trinajstić information content (AvgIpc) is 2.37. The van der Waals surface area contributed by atoms with Gasteiger partial charge in [0.2, 0.25) is 0 Å². The zero-order chi connectivity index (χ0) is 15.6. The first kappa shape index (κ1) is 15.2. The van der Waals surface area contributed by atoms with Gasteiger partial charge in [-0.15, -0.1) is 0 Å². The Bertz CT molecular complexity index is 811. The van der Waals surface area contributed by atoms with Crippen LogP contribution in [0.25, 0.3) is 0 Å². The lowest BCUT2D eigenvalue weighted by Gasteiger charge is -2.09. The molecule has 0 aliphatic rings. The van der Waals surface area contributed by atoms with Crippen molar-refractivity contribution >= 4 is 33.3 Å². The molecule has 9 heteroatoms. The van der Waals surface area contributed by atoms with Crippen LogP contribution in [0, 0.1) is 5.82 Å². The first-order chi connectivity index (χ1) is 9.79. The number of hydrogen-bond acceptors (Lipinski definition) is 4. The maximum absolute atomic E-state index is 13.6. The number of nitrogens with one attached hydrogen (secondary N) is 1. The number of carboxylic acids is 1. The van der Waals surface area contributed by atoms with E-state index in [1.807, 2.05) is 0 Å². The number of carboxylic acid groups (broad SMARTS) is 1. The Kier molecular flexibility index (Phi) is 4.10. The van der Waals surface area contributed by atoms with Gasteiger partial charge in [0.05, 0.1) is 5.69 Å². The molecule has 0 aliphatic carbocycles. The number of sulfonamides is 1. The minimum absolute atomic E-state index is 0.0447. The number of halogens is 2. The summed E-state index contributed by atoms with van der Waals surface area (Å²) in [6, 6.07) is 5.38. The Hall–Kier alpha value is -2.19. The molecule has 0 atom stereocenters. The lowest BCUT2D eigenvalue weighted by molar-refractivity contribution is 0.0690. The van der Waals surface area contributed by atoms with Gasteiger partial charge in [0.1, 0.15) is 16.4 Å². The van der Waals surface area contributed by atoms with Crippen LogP contribution in [0.5, 0.6) is 0 Å². The monoisotopic (exact) mass is 330 g/mol. The van der Waals surface area contributed by atoms with Crippen molar-refractivity contribution in [3.63, 3.8) is 0 Å². The summed E-state index contributed by atoms with van der Waals surface area (Å²) in [5, 5.41) is 8.84. The van der Waals surface area contributed by atoms with Gasteiger partial charge >= 0.3 is 5.97 Å². The zero-order valence-electron chi connectivity index (χ0n) is 10.2. The van der Waals surface area contributed by atoms with E-state index in [4.69, 9.17) is 16.7 Å². The van der Waals surface area contributed by atoms with Crippen molar-refractivity contribution in [2.45, 2.75) is 4.90 Å². The van der Waals surface area contributed by atoms with Crippen molar-refractivity contribution in [2.24, 2.45) is 0 Å².